The van der Waals surface area contributed by atoms with Crippen LogP contribution in [0.3, 0.4) is 0 Å². The lowest BCUT2D eigenvalue weighted by molar-refractivity contribution is -0.0733. The van der Waals surface area contributed by atoms with Crippen LogP contribution in [-0.2, 0) is 4.74 Å². The average Bonchev–Trinajstić information content (AvgIpc) is 2.29. The van der Waals surface area contributed by atoms with Crippen LogP contribution in [0, 0.1) is 5.82 Å². The lowest BCUT2D eigenvalue weighted by atomic mass is 9.91. The van der Waals surface area contributed by atoms with E-state index in [1.54, 1.807) is 12.1 Å². The summed E-state index contributed by atoms with van der Waals surface area (Å²) in [4.78, 5) is 0.262. The van der Waals surface area contributed by atoms with E-state index in [-0.39, 0.29) is 22.8 Å². The first kappa shape index (κ1) is 13.1. The maximum absolute atomic E-state index is 13.5. The Balaban J connectivity index is 2.06. The minimum Gasteiger partial charge on any atom is -0.483 e. The number of hydrogen-bond donors (Lipinski definition) is 0. The Hall–Kier alpha value is -0.320. The Kier molecular flexibility index (Phi) is 4.28. The molecule has 1 fully saturated rings. The van der Waals surface area contributed by atoms with Gasteiger partial charge in [-0.3, -0.25) is 0 Å². The molecule has 0 radical (unpaired) electrons. The van der Waals surface area contributed by atoms with Gasteiger partial charge >= 0.3 is 0 Å². The molecule has 3 unspecified atom stereocenters. The Morgan fingerprint density at radius 2 is 2.29 bits per heavy atom. The Morgan fingerprint density at radius 3 is 2.88 bits per heavy atom. The predicted molar refractivity (Wildman–Crippen MR) is 68.6 cm³/mol. The first-order valence-corrected chi connectivity index (χ1v) is 6.79. The first-order valence-electron chi connectivity index (χ1n) is 5.49. The fourth-order valence-electron chi connectivity index (χ4n) is 1.79. The van der Waals surface area contributed by atoms with Gasteiger partial charge in [0.15, 0.2) is 11.6 Å². The Bertz CT molecular complexity index is 382. The second-order valence-electron chi connectivity index (χ2n) is 3.88. The average molecular weight is 324 g/mol. The highest BCUT2D eigenvalue weighted by atomic mass is 79.9. The van der Waals surface area contributed by atoms with Gasteiger partial charge in [0.2, 0.25) is 0 Å². The molecule has 0 saturated heterocycles. The quantitative estimate of drug-likeness (QED) is 0.785. The van der Waals surface area contributed by atoms with Crippen LogP contribution in [0.1, 0.15) is 13.3 Å². The SMILES string of the molecule is CCOC1C(Br)CC1Oc1c(F)cccc1Cl. The highest BCUT2D eigenvalue weighted by Crippen LogP contribution is 2.37. The molecular weight excluding hydrogens is 310 g/mol. The van der Waals surface area contributed by atoms with Crippen molar-refractivity contribution in [1.29, 1.82) is 0 Å². The molecule has 3 atom stereocenters. The number of para-hydroxylation sites is 1. The normalized spacial score (nSPS) is 27.6. The van der Waals surface area contributed by atoms with Gasteiger partial charge in [0.1, 0.15) is 12.2 Å². The second kappa shape index (κ2) is 5.55. The van der Waals surface area contributed by atoms with E-state index >= 15 is 0 Å². The van der Waals surface area contributed by atoms with Crippen molar-refractivity contribution in [2.75, 3.05) is 6.61 Å². The standard InChI is InChI=1S/C12H13BrClFO2/c1-2-16-11-7(13)6-10(11)17-12-8(14)4-3-5-9(12)15/h3-5,7,10-11H,2,6H2,1H3. The van der Waals surface area contributed by atoms with Crippen molar-refractivity contribution in [3.8, 4) is 5.75 Å². The van der Waals surface area contributed by atoms with Crippen molar-refractivity contribution < 1.29 is 13.9 Å². The second-order valence-corrected chi connectivity index (χ2v) is 5.46. The molecule has 0 N–H and O–H groups in total. The minimum atomic E-state index is -0.439. The largest absolute Gasteiger partial charge is 0.483 e. The third-order valence-electron chi connectivity index (χ3n) is 2.73. The van der Waals surface area contributed by atoms with Gasteiger partial charge in [0.05, 0.1) is 5.02 Å². The molecule has 1 aromatic rings. The van der Waals surface area contributed by atoms with Crippen LogP contribution in [0.5, 0.6) is 5.75 Å². The van der Waals surface area contributed by atoms with Crippen LogP contribution in [0.25, 0.3) is 0 Å². The smallest absolute Gasteiger partial charge is 0.174 e. The molecule has 0 heterocycles. The van der Waals surface area contributed by atoms with Gasteiger partial charge in [-0.2, -0.15) is 0 Å². The van der Waals surface area contributed by atoms with Crippen molar-refractivity contribution in [2.24, 2.45) is 0 Å². The first-order chi connectivity index (χ1) is 8.13. The summed E-state index contributed by atoms with van der Waals surface area (Å²) in [6.45, 7) is 2.53. The summed E-state index contributed by atoms with van der Waals surface area (Å²) in [5, 5.41) is 0.290. The highest BCUT2D eigenvalue weighted by molar-refractivity contribution is 9.09. The minimum absolute atomic E-state index is 0.0457. The fraction of sp³-hybridized carbons (Fsp3) is 0.500. The van der Waals surface area contributed by atoms with Crippen molar-refractivity contribution >= 4 is 27.5 Å². The van der Waals surface area contributed by atoms with Gasteiger partial charge in [0, 0.05) is 17.9 Å². The third kappa shape index (κ3) is 2.75. The van der Waals surface area contributed by atoms with Gasteiger partial charge in [0.25, 0.3) is 0 Å². The molecular formula is C12H13BrClFO2. The molecule has 17 heavy (non-hydrogen) atoms. The van der Waals surface area contributed by atoms with Crippen LogP contribution in [0.2, 0.25) is 5.02 Å². The third-order valence-corrected chi connectivity index (χ3v) is 3.92. The van der Waals surface area contributed by atoms with Crippen molar-refractivity contribution in [2.45, 2.75) is 30.4 Å². The summed E-state index contributed by atoms with van der Waals surface area (Å²) in [5.41, 5.74) is 0. The molecule has 0 bridgehead atoms. The zero-order valence-electron chi connectivity index (χ0n) is 9.33. The summed E-state index contributed by atoms with van der Waals surface area (Å²) >= 11 is 9.38. The zero-order chi connectivity index (χ0) is 12.4. The van der Waals surface area contributed by atoms with Crippen LogP contribution in [0.4, 0.5) is 4.39 Å². The molecule has 1 aliphatic rings. The van der Waals surface area contributed by atoms with Gasteiger partial charge in [-0.15, -0.1) is 0 Å². The van der Waals surface area contributed by atoms with E-state index in [0.29, 0.717) is 11.6 Å². The zero-order valence-corrected chi connectivity index (χ0v) is 11.7. The van der Waals surface area contributed by atoms with E-state index < -0.39 is 5.82 Å². The number of hydrogen-bond acceptors (Lipinski definition) is 2. The summed E-state index contributed by atoms with van der Waals surface area (Å²) in [6, 6.07) is 4.50. The van der Waals surface area contributed by atoms with E-state index in [1.807, 2.05) is 6.92 Å². The van der Waals surface area contributed by atoms with Crippen LogP contribution >= 0.6 is 27.5 Å². The Morgan fingerprint density at radius 1 is 1.53 bits per heavy atom. The van der Waals surface area contributed by atoms with E-state index in [4.69, 9.17) is 21.1 Å². The number of ether oxygens (including phenoxy) is 2. The fourth-order valence-corrected chi connectivity index (χ4v) is 2.86. The molecule has 5 heteroatoms. The van der Waals surface area contributed by atoms with Crippen LogP contribution < -0.4 is 4.74 Å². The molecule has 1 saturated carbocycles. The monoisotopic (exact) mass is 322 g/mol. The maximum atomic E-state index is 13.5. The Labute approximate surface area is 113 Å². The van der Waals surface area contributed by atoms with E-state index in [9.17, 15) is 4.39 Å². The molecule has 1 aromatic carbocycles. The van der Waals surface area contributed by atoms with Gasteiger partial charge < -0.3 is 9.47 Å². The molecule has 2 nitrogen and oxygen atoms in total. The van der Waals surface area contributed by atoms with Crippen molar-refractivity contribution in [1.82, 2.24) is 0 Å². The van der Waals surface area contributed by atoms with Crippen LogP contribution in [-0.4, -0.2) is 23.6 Å². The van der Waals surface area contributed by atoms with Crippen molar-refractivity contribution in [3.63, 3.8) is 0 Å². The molecule has 2 rings (SSSR count). The highest BCUT2D eigenvalue weighted by Gasteiger charge is 2.42. The number of halogens is 3. The van der Waals surface area contributed by atoms with Crippen molar-refractivity contribution in [3.05, 3.63) is 29.0 Å². The molecule has 0 aromatic heterocycles. The van der Waals surface area contributed by atoms with Gasteiger partial charge in [-0.1, -0.05) is 33.6 Å². The van der Waals surface area contributed by atoms with E-state index in [0.717, 1.165) is 6.42 Å². The molecule has 0 spiro atoms. The summed E-state index contributed by atoms with van der Waals surface area (Å²) in [6.07, 6.45) is 0.597. The molecule has 0 amide bonds. The molecule has 94 valence electrons. The van der Waals surface area contributed by atoms with Gasteiger partial charge in [-0.05, 0) is 19.1 Å². The van der Waals surface area contributed by atoms with E-state index in [2.05, 4.69) is 15.9 Å². The molecule has 1 aliphatic carbocycles. The van der Waals surface area contributed by atoms with E-state index in [1.165, 1.54) is 6.07 Å². The van der Waals surface area contributed by atoms with Crippen LogP contribution in [0.15, 0.2) is 18.2 Å². The predicted octanol–water partition coefficient (Wildman–Crippen LogP) is 3.80. The summed E-state index contributed by atoms with van der Waals surface area (Å²) < 4.78 is 24.6. The number of alkyl halides is 1. The topological polar surface area (TPSA) is 18.5 Å². The summed E-state index contributed by atoms with van der Waals surface area (Å²) in [7, 11) is 0. The lowest BCUT2D eigenvalue weighted by Gasteiger charge is -2.40. The lowest BCUT2D eigenvalue weighted by Crippen LogP contribution is -2.52. The number of benzene rings is 1. The maximum Gasteiger partial charge on any atom is 0.174 e. The van der Waals surface area contributed by atoms with Gasteiger partial charge in [-0.25, -0.2) is 4.39 Å². The number of rotatable bonds is 4. The molecule has 0 aliphatic heterocycles. The summed E-state index contributed by atoms with van der Waals surface area (Å²) in [5.74, 6) is -0.325.